The monoisotopic (exact) mass is 287 g/mol. The molecule has 1 aliphatic heterocycles. The summed E-state index contributed by atoms with van der Waals surface area (Å²) in [5, 5.41) is 14.5. The number of thiophene rings is 1. The topological polar surface area (TPSA) is 49.3 Å². The van der Waals surface area contributed by atoms with Crippen LogP contribution in [0.2, 0.25) is 0 Å². The molecule has 0 spiro atoms. The van der Waals surface area contributed by atoms with Crippen LogP contribution in [0.25, 0.3) is 0 Å². The summed E-state index contributed by atoms with van der Waals surface area (Å²) >= 11 is 4.74. The van der Waals surface area contributed by atoms with Gasteiger partial charge in [-0.3, -0.25) is 4.79 Å². The van der Waals surface area contributed by atoms with Crippen LogP contribution in [0.1, 0.15) is 29.4 Å². The van der Waals surface area contributed by atoms with Gasteiger partial charge in [-0.05, 0) is 27.9 Å². The van der Waals surface area contributed by atoms with Gasteiger partial charge in [0, 0.05) is 11.8 Å². The molecule has 0 amide bonds. The van der Waals surface area contributed by atoms with Crippen molar-refractivity contribution in [1.29, 1.82) is 0 Å². The van der Waals surface area contributed by atoms with Crippen molar-refractivity contribution in [3.05, 3.63) is 26.2 Å². The molecule has 3 nitrogen and oxygen atoms in total. The Hall–Kier alpha value is -0.810. The van der Waals surface area contributed by atoms with E-state index in [4.69, 9.17) is 0 Å². The smallest absolute Gasteiger partial charge is 0.188 e. The first-order valence-electron chi connectivity index (χ1n) is 4.61. The third kappa shape index (κ3) is 1.81. The van der Waals surface area contributed by atoms with E-state index in [1.807, 2.05) is 12.3 Å². The average molecular weight is 288 g/mol. The molecular formula is C10H10BrNO2S. The number of ketones is 1. The first-order valence-corrected chi connectivity index (χ1v) is 6.29. The molecule has 0 fully saturated rings. The predicted molar refractivity (Wildman–Crippen MR) is 64.5 cm³/mol. The number of rotatable bonds is 1. The highest BCUT2D eigenvalue weighted by atomic mass is 79.9. The first-order chi connectivity index (χ1) is 7.13. The van der Waals surface area contributed by atoms with E-state index in [0.29, 0.717) is 23.4 Å². The lowest BCUT2D eigenvalue weighted by Gasteiger charge is -2.05. The van der Waals surface area contributed by atoms with E-state index in [0.717, 1.165) is 10.0 Å². The fourth-order valence-corrected chi connectivity index (χ4v) is 3.05. The number of carbonyl (C=O) groups excluding carboxylic acids is 1. The van der Waals surface area contributed by atoms with Crippen LogP contribution in [0.15, 0.2) is 21.3 Å². The van der Waals surface area contributed by atoms with E-state index >= 15 is 0 Å². The van der Waals surface area contributed by atoms with Crippen molar-refractivity contribution in [1.82, 2.24) is 0 Å². The summed E-state index contributed by atoms with van der Waals surface area (Å²) in [5.74, 6) is 0.179. The van der Waals surface area contributed by atoms with Gasteiger partial charge in [0.1, 0.15) is 0 Å². The zero-order valence-electron chi connectivity index (χ0n) is 8.13. The fourth-order valence-electron chi connectivity index (χ4n) is 1.52. The molecule has 2 rings (SSSR count). The molecule has 0 aromatic carbocycles. The second-order valence-electron chi connectivity index (χ2n) is 3.32. The number of anilines is 1. The van der Waals surface area contributed by atoms with Gasteiger partial charge >= 0.3 is 0 Å². The fraction of sp³-hybridized carbons (Fsp3) is 0.300. The largest absolute Gasteiger partial charge is 0.495 e. The number of halogens is 1. The Morgan fingerprint density at radius 3 is 3.07 bits per heavy atom. The van der Waals surface area contributed by atoms with Gasteiger partial charge < -0.3 is 10.4 Å². The van der Waals surface area contributed by atoms with Gasteiger partial charge in [0.05, 0.1) is 15.0 Å². The molecular weight excluding hydrogens is 278 g/mol. The third-order valence-electron chi connectivity index (χ3n) is 2.38. The Morgan fingerprint density at radius 1 is 1.67 bits per heavy atom. The van der Waals surface area contributed by atoms with Crippen molar-refractivity contribution in [2.45, 2.75) is 19.8 Å². The van der Waals surface area contributed by atoms with Gasteiger partial charge in [0.15, 0.2) is 11.7 Å². The molecule has 80 valence electrons. The normalized spacial score (nSPS) is 16.0. The molecule has 0 saturated heterocycles. The minimum absolute atomic E-state index is 0.0640. The number of fused-ring (bicyclic) bond motifs is 1. The van der Waals surface area contributed by atoms with Gasteiger partial charge in [-0.25, -0.2) is 0 Å². The van der Waals surface area contributed by atoms with Crippen molar-refractivity contribution in [3.8, 4) is 0 Å². The zero-order valence-corrected chi connectivity index (χ0v) is 10.5. The minimum Gasteiger partial charge on any atom is -0.495 e. The highest BCUT2D eigenvalue weighted by Crippen LogP contribution is 2.37. The second kappa shape index (κ2) is 3.98. The second-order valence-corrected chi connectivity index (χ2v) is 5.05. The van der Waals surface area contributed by atoms with Crippen LogP contribution in [0.5, 0.6) is 0 Å². The van der Waals surface area contributed by atoms with Crippen LogP contribution in [0.4, 0.5) is 5.69 Å². The summed E-state index contributed by atoms with van der Waals surface area (Å²) in [7, 11) is 0. The SMILES string of the molecule is CCC1=C(O)Nc2c(Br)csc2C(=O)C1. The molecule has 0 saturated carbocycles. The molecule has 1 aromatic rings. The van der Waals surface area contributed by atoms with Crippen molar-refractivity contribution in [2.75, 3.05) is 5.32 Å². The third-order valence-corrected chi connectivity index (χ3v) is 4.33. The number of aliphatic hydroxyl groups excluding tert-OH is 1. The van der Waals surface area contributed by atoms with Crippen molar-refractivity contribution in [3.63, 3.8) is 0 Å². The highest BCUT2D eigenvalue weighted by Gasteiger charge is 2.23. The predicted octanol–water partition coefficient (Wildman–Crippen LogP) is 3.69. The van der Waals surface area contributed by atoms with E-state index in [1.54, 1.807) is 0 Å². The average Bonchev–Trinajstić information content (AvgIpc) is 2.50. The van der Waals surface area contributed by atoms with Crippen LogP contribution >= 0.6 is 27.3 Å². The maximum absolute atomic E-state index is 11.8. The maximum atomic E-state index is 11.8. The lowest BCUT2D eigenvalue weighted by atomic mass is 10.1. The molecule has 1 aromatic heterocycles. The summed E-state index contributed by atoms with van der Waals surface area (Å²) in [4.78, 5) is 12.5. The van der Waals surface area contributed by atoms with Crippen molar-refractivity contribution < 1.29 is 9.90 Å². The lowest BCUT2D eigenvalue weighted by molar-refractivity contribution is 0.0996. The maximum Gasteiger partial charge on any atom is 0.188 e. The Bertz CT molecular complexity index is 450. The van der Waals surface area contributed by atoms with Crippen LogP contribution in [-0.4, -0.2) is 10.9 Å². The van der Waals surface area contributed by atoms with Crippen LogP contribution < -0.4 is 5.32 Å². The molecule has 2 N–H and O–H groups in total. The van der Waals surface area contributed by atoms with Crippen LogP contribution in [0.3, 0.4) is 0 Å². The van der Waals surface area contributed by atoms with Crippen molar-refractivity contribution in [2.24, 2.45) is 0 Å². The number of carbonyl (C=O) groups is 1. The van der Waals surface area contributed by atoms with Gasteiger partial charge in [0.25, 0.3) is 0 Å². The number of Topliss-reactive ketones (excluding diaryl/α,β-unsaturated/α-hetero) is 1. The summed E-state index contributed by atoms with van der Waals surface area (Å²) in [6.07, 6.45) is 0.979. The van der Waals surface area contributed by atoms with Crippen molar-refractivity contribution >= 4 is 38.7 Å². The number of allylic oxidation sites excluding steroid dienone is 1. The minimum atomic E-state index is 0.0640. The Labute approximate surface area is 99.9 Å². The zero-order chi connectivity index (χ0) is 11.0. The van der Waals surface area contributed by atoms with Gasteiger partial charge in [-0.1, -0.05) is 6.92 Å². The number of hydrogen-bond acceptors (Lipinski definition) is 4. The van der Waals surface area contributed by atoms with Gasteiger partial charge in [-0.2, -0.15) is 0 Å². The van der Waals surface area contributed by atoms with Gasteiger partial charge in [-0.15, -0.1) is 11.3 Å². The molecule has 0 bridgehead atoms. The molecule has 0 aliphatic carbocycles. The quantitative estimate of drug-likeness (QED) is 0.828. The Balaban J connectivity index is 2.50. The van der Waals surface area contributed by atoms with E-state index in [9.17, 15) is 9.90 Å². The molecule has 0 radical (unpaired) electrons. The van der Waals surface area contributed by atoms with E-state index in [2.05, 4.69) is 21.2 Å². The van der Waals surface area contributed by atoms with E-state index in [-0.39, 0.29) is 11.7 Å². The van der Waals surface area contributed by atoms with E-state index in [1.165, 1.54) is 11.3 Å². The molecule has 0 atom stereocenters. The highest BCUT2D eigenvalue weighted by molar-refractivity contribution is 9.10. The number of nitrogens with one attached hydrogen (secondary N) is 1. The standard InChI is InChI=1S/C10H10BrNO2S/c1-2-5-3-7(13)9-8(12-10(5)14)6(11)4-15-9/h4,12,14H,2-3H2,1H3. The molecule has 1 aliphatic rings. The van der Waals surface area contributed by atoms with E-state index < -0.39 is 0 Å². The molecule has 2 heterocycles. The Morgan fingerprint density at radius 2 is 2.40 bits per heavy atom. The summed E-state index contributed by atoms with van der Waals surface area (Å²) < 4.78 is 0.819. The number of hydrogen-bond donors (Lipinski definition) is 2. The molecule has 5 heteroatoms. The number of aliphatic hydroxyl groups is 1. The lowest BCUT2D eigenvalue weighted by Crippen LogP contribution is -2.00. The Kier molecular flexibility index (Phi) is 2.84. The summed E-state index contributed by atoms with van der Waals surface area (Å²) in [5.41, 5.74) is 1.45. The molecule has 15 heavy (non-hydrogen) atoms. The van der Waals surface area contributed by atoms with Crippen LogP contribution in [-0.2, 0) is 0 Å². The molecule has 0 unspecified atom stereocenters. The first kappa shape index (κ1) is 10.7. The van der Waals surface area contributed by atoms with Crippen LogP contribution in [0, 0.1) is 0 Å². The summed E-state index contributed by atoms with van der Waals surface area (Å²) in [6, 6.07) is 0. The van der Waals surface area contributed by atoms with Gasteiger partial charge in [0.2, 0.25) is 0 Å². The summed E-state index contributed by atoms with van der Waals surface area (Å²) in [6.45, 7) is 1.93.